The second-order valence-electron chi connectivity index (χ2n) is 4.21. The zero-order valence-corrected chi connectivity index (χ0v) is 10.4. The van der Waals surface area contributed by atoms with Crippen molar-refractivity contribution >= 4 is 0 Å². The van der Waals surface area contributed by atoms with E-state index in [1.807, 2.05) is 0 Å². The van der Waals surface area contributed by atoms with Crippen molar-refractivity contribution in [1.82, 2.24) is 0 Å². The van der Waals surface area contributed by atoms with E-state index in [2.05, 4.69) is 20.8 Å². The summed E-state index contributed by atoms with van der Waals surface area (Å²) < 4.78 is 16.3. The van der Waals surface area contributed by atoms with E-state index in [4.69, 9.17) is 14.2 Å². The Morgan fingerprint density at radius 3 is 2.20 bits per heavy atom. The minimum atomic E-state index is 0.109. The minimum Gasteiger partial charge on any atom is -0.384 e. The molecule has 0 saturated carbocycles. The Kier molecular flexibility index (Phi) is 4.77. The van der Waals surface area contributed by atoms with E-state index < -0.39 is 0 Å². The van der Waals surface area contributed by atoms with Gasteiger partial charge in [-0.25, -0.2) is 0 Å². The normalized spacial score (nSPS) is 32.2. The van der Waals surface area contributed by atoms with Gasteiger partial charge in [0.1, 0.15) is 6.10 Å². The van der Waals surface area contributed by atoms with Gasteiger partial charge in [-0.05, 0) is 26.3 Å². The highest BCUT2D eigenvalue weighted by Gasteiger charge is 2.31. The summed E-state index contributed by atoms with van der Waals surface area (Å²) in [6.07, 6.45) is 0.312. The van der Waals surface area contributed by atoms with E-state index in [0.717, 1.165) is 6.61 Å². The van der Waals surface area contributed by atoms with Crippen LogP contribution in [0.3, 0.4) is 0 Å². The molecule has 1 rings (SSSR count). The molecule has 0 fully saturated rings. The van der Waals surface area contributed by atoms with E-state index in [1.54, 1.807) is 14.2 Å². The van der Waals surface area contributed by atoms with Gasteiger partial charge in [0.15, 0.2) is 0 Å². The molecule has 3 heteroatoms. The van der Waals surface area contributed by atoms with Gasteiger partial charge in [0, 0.05) is 20.1 Å². The molecule has 1 unspecified atom stereocenters. The van der Waals surface area contributed by atoms with Gasteiger partial charge in [-0.3, -0.25) is 0 Å². The third-order valence-corrected chi connectivity index (χ3v) is 3.27. The van der Waals surface area contributed by atoms with E-state index in [9.17, 15) is 0 Å². The molecule has 0 radical (unpaired) electrons. The van der Waals surface area contributed by atoms with Gasteiger partial charge in [0.05, 0.1) is 19.3 Å². The molecule has 0 aromatic carbocycles. The van der Waals surface area contributed by atoms with Gasteiger partial charge in [0.2, 0.25) is 0 Å². The summed E-state index contributed by atoms with van der Waals surface area (Å²) in [7, 11) is 3.44. The van der Waals surface area contributed by atoms with Crippen molar-refractivity contribution in [2.45, 2.75) is 33.0 Å². The molecule has 88 valence electrons. The molecule has 0 saturated heterocycles. The number of hydrogen-bond acceptors (Lipinski definition) is 3. The summed E-state index contributed by atoms with van der Waals surface area (Å²) in [5.41, 5.74) is 2.68. The first kappa shape index (κ1) is 12.7. The molecular weight excluding hydrogens is 192 g/mol. The largest absolute Gasteiger partial charge is 0.384 e. The number of rotatable bonds is 4. The van der Waals surface area contributed by atoms with Crippen LogP contribution in [0.2, 0.25) is 0 Å². The van der Waals surface area contributed by atoms with Crippen LogP contribution in [0, 0.1) is 5.92 Å². The molecule has 0 aliphatic carbocycles. The molecule has 15 heavy (non-hydrogen) atoms. The van der Waals surface area contributed by atoms with Gasteiger partial charge in [-0.1, -0.05) is 5.57 Å². The highest BCUT2D eigenvalue weighted by molar-refractivity contribution is 5.21. The highest BCUT2D eigenvalue weighted by atomic mass is 16.5. The number of methoxy groups -OCH3 is 2. The summed E-state index contributed by atoms with van der Waals surface area (Å²) in [6.45, 7) is 7.74. The average Bonchev–Trinajstić information content (AvgIpc) is 2.21. The summed E-state index contributed by atoms with van der Waals surface area (Å²) in [4.78, 5) is 0. The monoisotopic (exact) mass is 214 g/mol. The van der Waals surface area contributed by atoms with Gasteiger partial charge < -0.3 is 14.2 Å². The molecule has 3 atom stereocenters. The zero-order valence-electron chi connectivity index (χ0n) is 10.4. The number of hydrogen-bond donors (Lipinski definition) is 0. The highest BCUT2D eigenvalue weighted by Crippen LogP contribution is 2.30. The maximum Gasteiger partial charge on any atom is 0.102 e. The summed E-state index contributed by atoms with van der Waals surface area (Å²) >= 11 is 0. The molecule has 1 aliphatic heterocycles. The van der Waals surface area contributed by atoms with Crippen molar-refractivity contribution in [3.05, 3.63) is 11.1 Å². The van der Waals surface area contributed by atoms with Crippen molar-refractivity contribution in [2.75, 3.05) is 27.4 Å². The molecule has 0 N–H and O–H groups in total. The fourth-order valence-corrected chi connectivity index (χ4v) is 2.11. The SMILES string of the molecule is COC[C@@H]1OC(C)[C@H](COC)C(C)=C1C. The molecule has 0 bridgehead atoms. The van der Waals surface area contributed by atoms with Crippen LogP contribution in [0.25, 0.3) is 0 Å². The lowest BCUT2D eigenvalue weighted by atomic mass is 9.87. The molecule has 3 nitrogen and oxygen atoms in total. The van der Waals surface area contributed by atoms with Crippen LogP contribution in [0.4, 0.5) is 0 Å². The van der Waals surface area contributed by atoms with Crippen LogP contribution < -0.4 is 0 Å². The fraction of sp³-hybridized carbons (Fsp3) is 0.833. The van der Waals surface area contributed by atoms with Gasteiger partial charge in [0.25, 0.3) is 0 Å². The molecule has 1 aliphatic rings. The van der Waals surface area contributed by atoms with Crippen molar-refractivity contribution in [2.24, 2.45) is 5.92 Å². The Morgan fingerprint density at radius 2 is 1.67 bits per heavy atom. The van der Waals surface area contributed by atoms with Crippen LogP contribution in [-0.2, 0) is 14.2 Å². The Bertz CT molecular complexity index is 235. The molecule has 1 heterocycles. The van der Waals surface area contributed by atoms with Crippen molar-refractivity contribution in [3.8, 4) is 0 Å². The first-order chi connectivity index (χ1) is 7.11. The second kappa shape index (κ2) is 5.64. The Hall–Kier alpha value is -0.380. The van der Waals surface area contributed by atoms with Crippen molar-refractivity contribution in [1.29, 1.82) is 0 Å². The lowest BCUT2D eigenvalue weighted by molar-refractivity contribution is -0.0642. The van der Waals surface area contributed by atoms with Crippen LogP contribution in [0.1, 0.15) is 20.8 Å². The maximum absolute atomic E-state index is 5.91. The molecular formula is C12H22O3. The first-order valence-corrected chi connectivity index (χ1v) is 5.42. The van der Waals surface area contributed by atoms with Crippen LogP contribution >= 0.6 is 0 Å². The van der Waals surface area contributed by atoms with Crippen LogP contribution in [0.5, 0.6) is 0 Å². The topological polar surface area (TPSA) is 27.7 Å². The van der Waals surface area contributed by atoms with Gasteiger partial charge in [-0.2, -0.15) is 0 Å². The Labute approximate surface area is 92.4 Å². The average molecular weight is 214 g/mol. The lowest BCUT2D eigenvalue weighted by Crippen LogP contribution is -2.38. The summed E-state index contributed by atoms with van der Waals surface area (Å²) in [6, 6.07) is 0. The van der Waals surface area contributed by atoms with Gasteiger partial charge in [-0.15, -0.1) is 0 Å². The summed E-state index contributed by atoms with van der Waals surface area (Å²) in [5.74, 6) is 0.378. The molecule has 0 aromatic rings. The van der Waals surface area contributed by atoms with E-state index >= 15 is 0 Å². The van der Waals surface area contributed by atoms with E-state index in [0.29, 0.717) is 12.5 Å². The summed E-state index contributed by atoms with van der Waals surface area (Å²) in [5, 5.41) is 0. The molecule has 0 amide bonds. The minimum absolute atomic E-state index is 0.109. The molecule has 0 spiro atoms. The lowest BCUT2D eigenvalue weighted by Gasteiger charge is -2.36. The van der Waals surface area contributed by atoms with Crippen LogP contribution in [0.15, 0.2) is 11.1 Å². The predicted octanol–water partition coefficient (Wildman–Crippen LogP) is 2.02. The third kappa shape index (κ3) is 2.80. The van der Waals surface area contributed by atoms with Crippen molar-refractivity contribution in [3.63, 3.8) is 0 Å². The quantitative estimate of drug-likeness (QED) is 0.670. The van der Waals surface area contributed by atoms with Gasteiger partial charge >= 0.3 is 0 Å². The fourth-order valence-electron chi connectivity index (χ4n) is 2.11. The number of ether oxygens (including phenoxy) is 3. The smallest absolute Gasteiger partial charge is 0.102 e. The standard InChI is InChI=1S/C12H22O3/c1-8-9(2)12(7-14-5)15-10(3)11(8)6-13-4/h10-12H,6-7H2,1-5H3/t10?,11-,12+/m1/s1. The molecule has 0 aromatic heterocycles. The third-order valence-electron chi connectivity index (χ3n) is 3.27. The van der Waals surface area contributed by atoms with E-state index in [-0.39, 0.29) is 12.2 Å². The Morgan fingerprint density at radius 1 is 1.07 bits per heavy atom. The second-order valence-corrected chi connectivity index (χ2v) is 4.21. The zero-order chi connectivity index (χ0) is 11.4. The Balaban J connectivity index is 2.80. The first-order valence-electron chi connectivity index (χ1n) is 5.42. The van der Waals surface area contributed by atoms with Crippen LogP contribution in [-0.4, -0.2) is 39.6 Å². The predicted molar refractivity (Wildman–Crippen MR) is 60.0 cm³/mol. The maximum atomic E-state index is 5.91. The van der Waals surface area contributed by atoms with E-state index in [1.165, 1.54) is 11.1 Å². The van der Waals surface area contributed by atoms with Crippen molar-refractivity contribution < 1.29 is 14.2 Å².